The minimum Gasteiger partial charge on any atom is -0.340 e. The number of imidazole rings is 1. The molecule has 0 aliphatic rings. The van der Waals surface area contributed by atoms with Gasteiger partial charge in [-0.25, -0.2) is 4.98 Å². The van der Waals surface area contributed by atoms with Crippen LogP contribution >= 0.6 is 11.3 Å². The molecule has 1 atom stereocenters. The highest BCUT2D eigenvalue weighted by atomic mass is 32.1. The van der Waals surface area contributed by atoms with Crippen LogP contribution in [-0.4, -0.2) is 39.4 Å². The van der Waals surface area contributed by atoms with Crippen molar-refractivity contribution in [2.24, 2.45) is 5.92 Å². The Morgan fingerprint density at radius 3 is 2.41 bits per heavy atom. The zero-order valence-electron chi connectivity index (χ0n) is 23.7. The number of amides is 2. The fourth-order valence-corrected chi connectivity index (χ4v) is 5.88. The number of nitrogens with one attached hydrogen (secondary N) is 1. The maximum Gasteiger partial charge on any atom is 0.252 e. The summed E-state index contributed by atoms with van der Waals surface area (Å²) < 4.78 is 2.35. The fraction of sp³-hybridized carbons (Fsp3) is 0.406. The van der Waals surface area contributed by atoms with Crippen molar-refractivity contribution < 1.29 is 9.59 Å². The third kappa shape index (κ3) is 6.95. The van der Waals surface area contributed by atoms with E-state index < -0.39 is 6.04 Å². The Morgan fingerprint density at radius 1 is 1.03 bits per heavy atom. The first-order chi connectivity index (χ1) is 18.8. The fourth-order valence-electron chi connectivity index (χ4n) is 5.18. The molecule has 206 valence electrons. The summed E-state index contributed by atoms with van der Waals surface area (Å²) in [5, 5.41) is 5.13. The predicted octanol–water partition coefficient (Wildman–Crippen LogP) is 6.85. The molecule has 4 rings (SSSR count). The average Bonchev–Trinajstić information content (AvgIpc) is 3.56. The molecule has 0 aliphatic heterocycles. The smallest absolute Gasteiger partial charge is 0.252 e. The molecule has 0 radical (unpaired) electrons. The van der Waals surface area contributed by atoms with Gasteiger partial charge in [0.1, 0.15) is 11.9 Å². The molecule has 0 aliphatic carbocycles. The van der Waals surface area contributed by atoms with Crippen molar-refractivity contribution in [3.05, 3.63) is 87.9 Å². The molecule has 6 nitrogen and oxygen atoms in total. The minimum atomic E-state index is -0.599. The molecule has 2 heterocycles. The predicted molar refractivity (Wildman–Crippen MR) is 160 cm³/mol. The second kappa shape index (κ2) is 13.1. The number of benzene rings is 2. The van der Waals surface area contributed by atoms with E-state index in [0.29, 0.717) is 24.6 Å². The van der Waals surface area contributed by atoms with Gasteiger partial charge in [0.2, 0.25) is 5.91 Å². The van der Waals surface area contributed by atoms with Crippen molar-refractivity contribution in [2.75, 3.05) is 7.05 Å². The lowest BCUT2D eigenvalue weighted by atomic mass is 10.0. The van der Waals surface area contributed by atoms with Crippen molar-refractivity contribution in [3.8, 4) is 0 Å². The quantitative estimate of drug-likeness (QED) is 0.212. The zero-order chi connectivity index (χ0) is 27.9. The normalized spacial score (nSPS) is 12.3. The Morgan fingerprint density at radius 2 is 1.77 bits per heavy atom. The summed E-state index contributed by atoms with van der Waals surface area (Å²) in [5.74, 6) is 0.940. The van der Waals surface area contributed by atoms with Gasteiger partial charge in [-0.3, -0.25) is 9.59 Å². The summed E-state index contributed by atoms with van der Waals surface area (Å²) >= 11 is 1.73. The summed E-state index contributed by atoms with van der Waals surface area (Å²) in [4.78, 5) is 34.8. The van der Waals surface area contributed by atoms with Gasteiger partial charge in [0, 0.05) is 36.5 Å². The van der Waals surface area contributed by atoms with Crippen molar-refractivity contribution in [1.82, 2.24) is 19.8 Å². The van der Waals surface area contributed by atoms with E-state index in [4.69, 9.17) is 4.98 Å². The molecule has 0 spiro atoms. The van der Waals surface area contributed by atoms with Crippen molar-refractivity contribution in [2.45, 2.75) is 72.0 Å². The number of carbonyl (C=O) groups excluding carboxylic acids is 2. The number of fused-ring (bicyclic) bond motifs is 1. The average molecular weight is 545 g/mol. The lowest BCUT2D eigenvalue weighted by molar-refractivity contribution is -0.132. The summed E-state index contributed by atoms with van der Waals surface area (Å²) in [6, 6.07) is 19.6. The van der Waals surface area contributed by atoms with Gasteiger partial charge in [0.25, 0.3) is 5.91 Å². The summed E-state index contributed by atoms with van der Waals surface area (Å²) in [6.45, 7) is 9.04. The minimum absolute atomic E-state index is 0.0850. The van der Waals surface area contributed by atoms with Crippen molar-refractivity contribution >= 4 is 34.2 Å². The van der Waals surface area contributed by atoms with Gasteiger partial charge in [0.15, 0.2) is 0 Å². The first-order valence-electron chi connectivity index (χ1n) is 13.9. The number of thiophene rings is 1. The lowest BCUT2D eigenvalue weighted by Crippen LogP contribution is -2.47. The number of likely N-dealkylation sites (N-methyl/N-ethyl adjacent to an activating group) is 1. The molecule has 0 saturated heterocycles. The first-order valence-corrected chi connectivity index (χ1v) is 14.8. The van der Waals surface area contributed by atoms with Gasteiger partial charge in [0.05, 0.1) is 11.0 Å². The number of hydrogen-bond acceptors (Lipinski definition) is 4. The Hall–Kier alpha value is -3.45. The number of nitrogens with zero attached hydrogens (tertiary/aromatic N) is 3. The third-order valence-corrected chi connectivity index (χ3v) is 8.07. The van der Waals surface area contributed by atoms with Crippen LogP contribution in [0, 0.1) is 5.92 Å². The van der Waals surface area contributed by atoms with E-state index in [1.165, 1.54) is 4.88 Å². The van der Waals surface area contributed by atoms with E-state index in [-0.39, 0.29) is 17.7 Å². The maximum atomic E-state index is 13.4. The Labute approximate surface area is 236 Å². The molecule has 2 aromatic carbocycles. The largest absolute Gasteiger partial charge is 0.340 e. The van der Waals surface area contributed by atoms with Crippen LogP contribution in [0.2, 0.25) is 0 Å². The summed E-state index contributed by atoms with van der Waals surface area (Å²) in [7, 11) is 1.79. The van der Waals surface area contributed by atoms with E-state index >= 15 is 0 Å². The van der Waals surface area contributed by atoms with E-state index in [0.717, 1.165) is 41.7 Å². The molecule has 0 bridgehead atoms. The molecule has 1 N–H and O–H groups in total. The van der Waals surface area contributed by atoms with Gasteiger partial charge in [-0.1, -0.05) is 64.1 Å². The van der Waals surface area contributed by atoms with Crippen molar-refractivity contribution in [1.29, 1.82) is 0 Å². The van der Waals surface area contributed by atoms with Crippen LogP contribution in [-0.2, 0) is 17.8 Å². The molecular formula is C32H40N4O2S. The lowest BCUT2D eigenvalue weighted by Gasteiger charge is -2.26. The second-order valence-electron chi connectivity index (χ2n) is 10.7. The van der Waals surface area contributed by atoms with E-state index in [1.54, 1.807) is 23.3 Å². The second-order valence-corrected chi connectivity index (χ2v) is 11.7. The highest BCUT2D eigenvalue weighted by molar-refractivity contribution is 7.09. The highest BCUT2D eigenvalue weighted by Crippen LogP contribution is 2.28. The third-order valence-electron chi connectivity index (χ3n) is 7.19. The van der Waals surface area contributed by atoms with Crippen LogP contribution in [0.15, 0.2) is 66.0 Å². The maximum absolute atomic E-state index is 13.4. The molecule has 2 aromatic heterocycles. The standard InChI is InChI=1S/C32H40N4O2S/c1-6-25(7-2)36-29-16-15-24(19-27(29)33-30(36)20-26-14-11-17-39-26)31(37)34-28(18-22(3)4)32(38)35(5)21-23-12-9-8-10-13-23/h8-17,19,22,25,28H,6-7,18,20-21H2,1-5H3,(H,34,37). The molecule has 0 saturated carbocycles. The SMILES string of the molecule is CCC(CC)n1c(Cc2cccs2)nc2cc(C(=O)NC(CC(C)C)C(=O)N(C)Cc3ccccc3)ccc21. The Balaban J connectivity index is 1.58. The van der Waals surface area contributed by atoms with Gasteiger partial charge in [-0.15, -0.1) is 11.3 Å². The van der Waals surface area contributed by atoms with E-state index in [1.807, 2.05) is 48.5 Å². The Bertz CT molecular complexity index is 1370. The first kappa shape index (κ1) is 28.6. The molecule has 39 heavy (non-hydrogen) atoms. The molecule has 4 aromatic rings. The topological polar surface area (TPSA) is 67.2 Å². The van der Waals surface area contributed by atoms with E-state index in [2.05, 4.69) is 55.1 Å². The highest BCUT2D eigenvalue weighted by Gasteiger charge is 2.26. The molecular weight excluding hydrogens is 504 g/mol. The van der Waals surface area contributed by atoms with Gasteiger partial charge in [-0.05, 0) is 60.4 Å². The number of carbonyl (C=O) groups is 2. The Kier molecular flexibility index (Phi) is 9.57. The summed E-state index contributed by atoms with van der Waals surface area (Å²) in [6.07, 6.45) is 3.36. The van der Waals surface area contributed by atoms with Crippen LogP contribution in [0.1, 0.15) is 79.6 Å². The van der Waals surface area contributed by atoms with Gasteiger partial charge >= 0.3 is 0 Å². The van der Waals surface area contributed by atoms with Crippen LogP contribution in [0.5, 0.6) is 0 Å². The van der Waals surface area contributed by atoms with Gasteiger partial charge in [-0.2, -0.15) is 0 Å². The van der Waals surface area contributed by atoms with Gasteiger partial charge < -0.3 is 14.8 Å². The molecule has 1 unspecified atom stereocenters. The number of rotatable bonds is 12. The monoisotopic (exact) mass is 544 g/mol. The van der Waals surface area contributed by atoms with Crippen molar-refractivity contribution in [3.63, 3.8) is 0 Å². The molecule has 0 fully saturated rings. The van der Waals surface area contributed by atoms with E-state index in [9.17, 15) is 9.59 Å². The molecule has 7 heteroatoms. The summed E-state index contributed by atoms with van der Waals surface area (Å²) in [5.41, 5.74) is 3.43. The van der Waals surface area contributed by atoms with Crippen LogP contribution in [0.25, 0.3) is 11.0 Å². The van der Waals surface area contributed by atoms with Crippen LogP contribution in [0.4, 0.5) is 0 Å². The van der Waals surface area contributed by atoms with Crippen LogP contribution < -0.4 is 5.32 Å². The van der Waals surface area contributed by atoms with Crippen LogP contribution in [0.3, 0.4) is 0 Å². The molecule has 2 amide bonds. The number of aromatic nitrogens is 2. The zero-order valence-corrected chi connectivity index (χ0v) is 24.5. The number of hydrogen-bond donors (Lipinski definition) is 1.